The second kappa shape index (κ2) is 11.1. The van der Waals surface area contributed by atoms with Crippen LogP contribution in [0.1, 0.15) is 39.0 Å². The van der Waals surface area contributed by atoms with Crippen LogP contribution in [0.5, 0.6) is 0 Å². The van der Waals surface area contributed by atoms with Crippen LogP contribution >= 0.6 is 0 Å². The number of amides is 5. The van der Waals surface area contributed by atoms with Crippen LogP contribution in [-0.2, 0) is 28.8 Å². The second-order valence-electron chi connectivity index (χ2n) is 7.10. The summed E-state index contributed by atoms with van der Waals surface area (Å²) in [6, 6.07) is -4.63. The predicted molar refractivity (Wildman–Crippen MR) is 102 cm³/mol. The first-order valence-electron chi connectivity index (χ1n) is 9.40. The Balaban J connectivity index is 2.77. The van der Waals surface area contributed by atoms with E-state index in [2.05, 4.69) is 10.6 Å². The van der Waals surface area contributed by atoms with Crippen LogP contribution < -0.4 is 27.8 Å². The quantitative estimate of drug-likeness (QED) is 0.193. The largest absolute Gasteiger partial charge is 0.480 e. The summed E-state index contributed by atoms with van der Waals surface area (Å²) < 4.78 is 0. The Kier molecular flexibility index (Phi) is 9.17. The van der Waals surface area contributed by atoms with Gasteiger partial charge < -0.3 is 37.8 Å². The molecule has 1 saturated heterocycles. The Morgan fingerprint density at radius 1 is 1.07 bits per heavy atom. The monoisotopic (exact) mass is 428 g/mol. The van der Waals surface area contributed by atoms with Gasteiger partial charge in [-0.15, -0.1) is 0 Å². The summed E-state index contributed by atoms with van der Waals surface area (Å²) in [5.41, 5.74) is 15.8. The van der Waals surface area contributed by atoms with Crippen molar-refractivity contribution >= 4 is 35.5 Å². The lowest BCUT2D eigenvalue weighted by Crippen LogP contribution is -2.57. The van der Waals surface area contributed by atoms with Crippen molar-refractivity contribution in [2.45, 2.75) is 63.2 Å². The summed E-state index contributed by atoms with van der Waals surface area (Å²) >= 11 is 0. The number of rotatable bonds is 11. The molecule has 0 aromatic rings. The number of carboxylic acid groups (broad SMARTS) is 1. The summed E-state index contributed by atoms with van der Waals surface area (Å²) in [6.07, 6.45) is 0.0739. The lowest BCUT2D eigenvalue weighted by Gasteiger charge is -2.27. The standard InChI is InChI=1S/C17H28N6O7/c1-8(21-15(27)9(18)4-5-12(19)24)14(26)22-10(7-13(20)25)16(28)23-6-2-3-11(23)17(29)30/h8-11H,2-7,18H2,1H3,(H2,19,24)(H2,20,25)(H,21,27)(H,22,26)(H,29,30). The number of hydrogen-bond donors (Lipinski definition) is 6. The molecule has 1 rings (SSSR count). The molecule has 0 bridgehead atoms. The SMILES string of the molecule is CC(NC(=O)C(N)CCC(N)=O)C(=O)NC(CC(N)=O)C(=O)N1CCCC1C(=O)O. The van der Waals surface area contributed by atoms with Crippen molar-refractivity contribution in [1.82, 2.24) is 15.5 Å². The predicted octanol–water partition coefficient (Wildman–Crippen LogP) is -3.48. The van der Waals surface area contributed by atoms with Gasteiger partial charge >= 0.3 is 5.97 Å². The minimum atomic E-state index is -1.38. The van der Waals surface area contributed by atoms with E-state index in [9.17, 15) is 33.9 Å². The van der Waals surface area contributed by atoms with Gasteiger partial charge in [0.25, 0.3) is 0 Å². The molecule has 0 aliphatic carbocycles. The minimum absolute atomic E-state index is 0.0101. The van der Waals surface area contributed by atoms with Crippen LogP contribution in [0, 0.1) is 0 Å². The van der Waals surface area contributed by atoms with E-state index in [1.165, 1.54) is 6.92 Å². The Bertz CT molecular complexity index is 713. The summed E-state index contributed by atoms with van der Waals surface area (Å²) in [6.45, 7) is 1.50. The van der Waals surface area contributed by atoms with Crippen molar-refractivity contribution in [2.24, 2.45) is 17.2 Å². The molecular formula is C17H28N6O7. The average molecular weight is 428 g/mol. The Morgan fingerprint density at radius 2 is 1.70 bits per heavy atom. The minimum Gasteiger partial charge on any atom is -0.480 e. The van der Waals surface area contributed by atoms with Crippen LogP contribution in [0.25, 0.3) is 0 Å². The molecule has 13 nitrogen and oxygen atoms in total. The molecule has 0 spiro atoms. The molecule has 0 radical (unpaired) electrons. The highest BCUT2D eigenvalue weighted by Gasteiger charge is 2.38. The fourth-order valence-electron chi connectivity index (χ4n) is 3.00. The maximum absolute atomic E-state index is 12.7. The molecule has 4 atom stereocenters. The lowest BCUT2D eigenvalue weighted by molar-refractivity contribution is -0.149. The van der Waals surface area contributed by atoms with Crippen molar-refractivity contribution in [3.63, 3.8) is 0 Å². The molecule has 13 heteroatoms. The third kappa shape index (κ3) is 7.31. The van der Waals surface area contributed by atoms with E-state index < -0.39 is 66.1 Å². The van der Waals surface area contributed by atoms with E-state index in [4.69, 9.17) is 17.2 Å². The van der Waals surface area contributed by atoms with E-state index in [1.807, 2.05) is 0 Å². The summed E-state index contributed by atoms with van der Waals surface area (Å²) in [5, 5.41) is 13.9. The van der Waals surface area contributed by atoms with Gasteiger partial charge in [-0.05, 0) is 26.2 Å². The fourth-order valence-corrected chi connectivity index (χ4v) is 3.00. The molecule has 5 amide bonds. The molecule has 30 heavy (non-hydrogen) atoms. The maximum Gasteiger partial charge on any atom is 0.326 e. The highest BCUT2D eigenvalue weighted by Crippen LogP contribution is 2.19. The van der Waals surface area contributed by atoms with Crippen LogP contribution in [0.3, 0.4) is 0 Å². The molecule has 1 aliphatic heterocycles. The van der Waals surface area contributed by atoms with Gasteiger partial charge in [-0.2, -0.15) is 0 Å². The number of carbonyl (C=O) groups is 6. The smallest absolute Gasteiger partial charge is 0.326 e. The molecule has 4 unspecified atom stereocenters. The molecule has 0 aromatic carbocycles. The summed E-state index contributed by atoms with van der Waals surface area (Å²) in [5.74, 6) is -4.93. The van der Waals surface area contributed by atoms with Gasteiger partial charge in [0.15, 0.2) is 0 Å². The van der Waals surface area contributed by atoms with Crippen LogP contribution in [0.15, 0.2) is 0 Å². The number of primary amides is 2. The molecule has 1 aliphatic rings. The van der Waals surface area contributed by atoms with E-state index >= 15 is 0 Å². The number of likely N-dealkylation sites (tertiary alicyclic amines) is 1. The van der Waals surface area contributed by atoms with Gasteiger partial charge in [0.1, 0.15) is 18.1 Å². The van der Waals surface area contributed by atoms with E-state index in [0.29, 0.717) is 6.42 Å². The zero-order valence-corrected chi connectivity index (χ0v) is 16.6. The number of carboxylic acids is 1. The van der Waals surface area contributed by atoms with Crippen LogP contribution in [0.2, 0.25) is 0 Å². The zero-order chi connectivity index (χ0) is 23.0. The van der Waals surface area contributed by atoms with E-state index in [0.717, 1.165) is 4.90 Å². The average Bonchev–Trinajstić information content (AvgIpc) is 3.14. The topological polar surface area (TPSA) is 228 Å². The van der Waals surface area contributed by atoms with Crippen molar-refractivity contribution < 1.29 is 33.9 Å². The third-order valence-electron chi connectivity index (χ3n) is 4.63. The number of nitrogens with two attached hydrogens (primary N) is 3. The van der Waals surface area contributed by atoms with Crippen LogP contribution in [0.4, 0.5) is 0 Å². The zero-order valence-electron chi connectivity index (χ0n) is 16.6. The first kappa shape index (κ1) is 24.8. The lowest BCUT2D eigenvalue weighted by atomic mass is 10.1. The normalized spacial score (nSPS) is 18.7. The highest BCUT2D eigenvalue weighted by atomic mass is 16.4. The van der Waals surface area contributed by atoms with E-state index in [-0.39, 0.29) is 25.8 Å². The maximum atomic E-state index is 12.7. The molecule has 1 heterocycles. The highest BCUT2D eigenvalue weighted by molar-refractivity contribution is 5.96. The number of nitrogens with one attached hydrogen (secondary N) is 2. The number of aliphatic carboxylic acids is 1. The second-order valence-corrected chi connectivity index (χ2v) is 7.10. The fraction of sp³-hybridized carbons (Fsp3) is 0.647. The molecule has 1 fully saturated rings. The van der Waals surface area contributed by atoms with Gasteiger partial charge in [-0.3, -0.25) is 24.0 Å². The molecule has 0 aromatic heterocycles. The number of nitrogens with zero attached hydrogens (tertiary/aromatic N) is 1. The number of carbonyl (C=O) groups excluding carboxylic acids is 5. The Morgan fingerprint density at radius 3 is 2.23 bits per heavy atom. The summed E-state index contributed by atoms with van der Waals surface area (Å²) in [4.78, 5) is 71.7. The van der Waals surface area contributed by atoms with Gasteiger partial charge in [0, 0.05) is 13.0 Å². The molecule has 0 saturated carbocycles. The van der Waals surface area contributed by atoms with Crippen molar-refractivity contribution in [3.8, 4) is 0 Å². The van der Waals surface area contributed by atoms with Gasteiger partial charge in [0.05, 0.1) is 12.5 Å². The van der Waals surface area contributed by atoms with Gasteiger partial charge in [-0.1, -0.05) is 0 Å². The Labute approximate surface area is 172 Å². The third-order valence-corrected chi connectivity index (χ3v) is 4.63. The molecular weight excluding hydrogens is 400 g/mol. The van der Waals surface area contributed by atoms with Crippen molar-refractivity contribution in [3.05, 3.63) is 0 Å². The summed E-state index contributed by atoms with van der Waals surface area (Å²) in [7, 11) is 0. The van der Waals surface area contributed by atoms with Gasteiger partial charge in [-0.25, -0.2) is 4.79 Å². The number of hydrogen-bond acceptors (Lipinski definition) is 7. The van der Waals surface area contributed by atoms with E-state index in [1.54, 1.807) is 0 Å². The molecule has 9 N–H and O–H groups in total. The molecule has 168 valence electrons. The first-order chi connectivity index (χ1) is 13.9. The Hall–Kier alpha value is -3.22. The van der Waals surface area contributed by atoms with Crippen molar-refractivity contribution in [2.75, 3.05) is 6.54 Å². The van der Waals surface area contributed by atoms with Crippen LogP contribution in [-0.4, -0.2) is 76.2 Å². The van der Waals surface area contributed by atoms with Crippen molar-refractivity contribution in [1.29, 1.82) is 0 Å². The first-order valence-corrected chi connectivity index (χ1v) is 9.40. The van der Waals surface area contributed by atoms with Gasteiger partial charge in [0.2, 0.25) is 29.5 Å².